The minimum atomic E-state index is -0.735. The van der Waals surface area contributed by atoms with Gasteiger partial charge in [-0.25, -0.2) is 4.79 Å². The van der Waals surface area contributed by atoms with Gasteiger partial charge in [-0.3, -0.25) is 4.79 Å². The number of ether oxygens (including phenoxy) is 1. The normalized spacial score (nSPS) is 35.8. The van der Waals surface area contributed by atoms with Crippen LogP contribution in [0.1, 0.15) is 46.0 Å². The molecule has 3 rings (SSSR count). The van der Waals surface area contributed by atoms with Crippen LogP contribution < -0.4 is 5.32 Å². The molecule has 1 saturated carbocycles. The lowest BCUT2D eigenvalue weighted by Crippen LogP contribution is -2.45. The van der Waals surface area contributed by atoms with E-state index in [9.17, 15) is 14.7 Å². The molecule has 2 heterocycles. The topological polar surface area (TPSA) is 78.9 Å². The predicted molar refractivity (Wildman–Crippen MR) is 85.1 cm³/mol. The predicted octanol–water partition coefficient (Wildman–Crippen LogP) is 2.09. The molecule has 6 heteroatoms. The number of likely N-dealkylation sites (tertiary alicyclic amines) is 1. The third kappa shape index (κ3) is 3.18. The van der Waals surface area contributed by atoms with Crippen molar-refractivity contribution in [2.45, 2.75) is 51.6 Å². The van der Waals surface area contributed by atoms with Crippen LogP contribution in [0.15, 0.2) is 0 Å². The van der Waals surface area contributed by atoms with E-state index in [0.717, 1.165) is 32.3 Å². The summed E-state index contributed by atoms with van der Waals surface area (Å²) in [7, 11) is 0. The van der Waals surface area contributed by atoms with Crippen molar-refractivity contribution < 1.29 is 19.4 Å². The van der Waals surface area contributed by atoms with Gasteiger partial charge in [-0.05, 0) is 51.4 Å². The highest BCUT2D eigenvalue weighted by Gasteiger charge is 2.55. The molecule has 3 fully saturated rings. The number of carbonyl (C=O) groups is 2. The van der Waals surface area contributed by atoms with E-state index in [2.05, 4.69) is 19.2 Å². The Bertz CT molecular complexity index is 493. The highest BCUT2D eigenvalue weighted by molar-refractivity contribution is 5.80. The molecule has 1 unspecified atom stereocenters. The van der Waals surface area contributed by atoms with E-state index < -0.39 is 11.4 Å². The van der Waals surface area contributed by atoms with Gasteiger partial charge in [0, 0.05) is 26.2 Å². The average molecular weight is 324 g/mol. The van der Waals surface area contributed by atoms with Crippen molar-refractivity contribution in [1.29, 1.82) is 0 Å². The SMILES string of the molecule is CC1(C)CC(CNC(=O)N2C[C@@H]3CCC[C@@]3(C(=O)O)C2)CCO1. The molecule has 0 aromatic carbocycles. The molecule has 2 aliphatic heterocycles. The summed E-state index contributed by atoms with van der Waals surface area (Å²) < 4.78 is 5.70. The minimum absolute atomic E-state index is 0.107. The van der Waals surface area contributed by atoms with Crippen LogP contribution >= 0.6 is 0 Å². The Hall–Kier alpha value is -1.30. The van der Waals surface area contributed by atoms with Gasteiger partial charge in [-0.1, -0.05) is 6.42 Å². The lowest BCUT2D eigenvalue weighted by atomic mass is 9.81. The molecule has 2 amide bonds. The molecular weight excluding hydrogens is 296 g/mol. The van der Waals surface area contributed by atoms with Crippen LogP contribution in [-0.4, -0.2) is 53.8 Å². The van der Waals surface area contributed by atoms with Gasteiger partial charge in [-0.2, -0.15) is 0 Å². The van der Waals surface area contributed by atoms with Crippen molar-refractivity contribution >= 4 is 12.0 Å². The summed E-state index contributed by atoms with van der Waals surface area (Å²) in [6.45, 7) is 6.49. The molecule has 2 N–H and O–H groups in total. The summed E-state index contributed by atoms with van der Waals surface area (Å²) >= 11 is 0. The largest absolute Gasteiger partial charge is 0.481 e. The summed E-state index contributed by atoms with van der Waals surface area (Å²) in [5.74, 6) is -0.188. The quantitative estimate of drug-likeness (QED) is 0.833. The monoisotopic (exact) mass is 324 g/mol. The fourth-order valence-electron chi connectivity index (χ4n) is 4.67. The van der Waals surface area contributed by atoms with E-state index in [1.54, 1.807) is 4.90 Å². The maximum absolute atomic E-state index is 12.4. The van der Waals surface area contributed by atoms with Crippen molar-refractivity contribution in [2.24, 2.45) is 17.3 Å². The number of hydrogen-bond donors (Lipinski definition) is 2. The molecule has 0 aromatic rings. The van der Waals surface area contributed by atoms with Crippen molar-refractivity contribution in [1.82, 2.24) is 10.2 Å². The van der Waals surface area contributed by atoms with Crippen molar-refractivity contribution in [2.75, 3.05) is 26.2 Å². The Labute approximate surface area is 137 Å². The van der Waals surface area contributed by atoms with Crippen LogP contribution in [0, 0.1) is 17.3 Å². The maximum atomic E-state index is 12.4. The number of nitrogens with one attached hydrogen (secondary N) is 1. The molecular formula is C17H28N2O4. The van der Waals surface area contributed by atoms with E-state index in [4.69, 9.17) is 4.74 Å². The number of carboxylic acids is 1. The Kier molecular flexibility index (Phi) is 4.29. The number of fused-ring (bicyclic) bond motifs is 1. The Morgan fingerprint density at radius 2 is 2.13 bits per heavy atom. The molecule has 2 saturated heterocycles. The van der Waals surface area contributed by atoms with Gasteiger partial charge in [0.25, 0.3) is 0 Å². The fourth-order valence-corrected chi connectivity index (χ4v) is 4.67. The zero-order valence-corrected chi connectivity index (χ0v) is 14.1. The van der Waals surface area contributed by atoms with Crippen molar-refractivity contribution in [3.05, 3.63) is 0 Å². The molecule has 1 aliphatic carbocycles. The zero-order chi connectivity index (χ0) is 16.7. The molecule has 0 radical (unpaired) electrons. The molecule has 3 atom stereocenters. The number of nitrogens with zero attached hydrogens (tertiary/aromatic N) is 1. The lowest BCUT2D eigenvalue weighted by molar-refractivity contribution is -0.149. The second-order valence-corrected chi connectivity index (χ2v) is 8.08. The Balaban J connectivity index is 1.53. The van der Waals surface area contributed by atoms with Crippen LogP contribution in [0.5, 0.6) is 0 Å². The molecule has 0 spiro atoms. The Morgan fingerprint density at radius 3 is 2.78 bits per heavy atom. The summed E-state index contributed by atoms with van der Waals surface area (Å²) in [6.07, 6.45) is 4.49. The molecule has 130 valence electrons. The van der Waals surface area contributed by atoms with Crippen LogP contribution in [0.4, 0.5) is 4.79 Å². The number of amides is 2. The number of carbonyl (C=O) groups excluding carboxylic acids is 1. The standard InChI is InChI=1S/C17H28N2O4/c1-16(2)8-12(5-7-23-16)9-18-15(22)19-10-13-4-3-6-17(13,11-19)14(20)21/h12-13H,3-11H2,1-2H3,(H,18,22)(H,20,21)/t12?,13-,17+/m0/s1. The Morgan fingerprint density at radius 1 is 1.35 bits per heavy atom. The second-order valence-electron chi connectivity index (χ2n) is 8.08. The van der Waals surface area contributed by atoms with Crippen LogP contribution in [0.2, 0.25) is 0 Å². The van der Waals surface area contributed by atoms with E-state index in [1.165, 1.54) is 0 Å². The van der Waals surface area contributed by atoms with Crippen molar-refractivity contribution in [3.63, 3.8) is 0 Å². The van der Waals surface area contributed by atoms with E-state index in [-0.39, 0.29) is 17.6 Å². The van der Waals surface area contributed by atoms with E-state index in [1.807, 2.05) is 0 Å². The van der Waals surface area contributed by atoms with Gasteiger partial charge in [0.2, 0.25) is 0 Å². The smallest absolute Gasteiger partial charge is 0.317 e. The summed E-state index contributed by atoms with van der Waals surface area (Å²) in [4.78, 5) is 25.8. The first-order chi connectivity index (χ1) is 10.8. The van der Waals surface area contributed by atoms with Crippen LogP contribution in [0.3, 0.4) is 0 Å². The van der Waals surface area contributed by atoms with Gasteiger partial charge in [-0.15, -0.1) is 0 Å². The summed E-state index contributed by atoms with van der Waals surface area (Å²) in [6, 6.07) is -0.107. The summed E-state index contributed by atoms with van der Waals surface area (Å²) in [5.41, 5.74) is -0.816. The molecule has 6 nitrogen and oxygen atoms in total. The van der Waals surface area contributed by atoms with Gasteiger partial charge in [0.1, 0.15) is 0 Å². The molecule has 23 heavy (non-hydrogen) atoms. The first-order valence-electron chi connectivity index (χ1n) is 8.72. The fraction of sp³-hybridized carbons (Fsp3) is 0.882. The molecule has 3 aliphatic rings. The van der Waals surface area contributed by atoms with E-state index >= 15 is 0 Å². The lowest BCUT2D eigenvalue weighted by Gasteiger charge is -2.35. The first kappa shape index (κ1) is 16.6. The van der Waals surface area contributed by atoms with Gasteiger partial charge < -0.3 is 20.1 Å². The van der Waals surface area contributed by atoms with Crippen LogP contribution in [0.25, 0.3) is 0 Å². The average Bonchev–Trinajstić information content (AvgIpc) is 3.01. The highest BCUT2D eigenvalue weighted by atomic mass is 16.5. The maximum Gasteiger partial charge on any atom is 0.317 e. The van der Waals surface area contributed by atoms with Gasteiger partial charge in [0.15, 0.2) is 0 Å². The molecule has 0 aromatic heterocycles. The third-order valence-corrected chi connectivity index (χ3v) is 5.92. The van der Waals surface area contributed by atoms with Crippen LogP contribution in [-0.2, 0) is 9.53 Å². The van der Waals surface area contributed by atoms with E-state index in [0.29, 0.717) is 32.0 Å². The second kappa shape index (κ2) is 5.96. The number of hydrogen-bond acceptors (Lipinski definition) is 3. The first-order valence-corrected chi connectivity index (χ1v) is 8.72. The number of rotatable bonds is 3. The van der Waals surface area contributed by atoms with Gasteiger partial charge in [0.05, 0.1) is 11.0 Å². The summed E-state index contributed by atoms with van der Waals surface area (Å²) in [5, 5.41) is 12.6. The zero-order valence-electron chi connectivity index (χ0n) is 14.1. The number of urea groups is 1. The highest BCUT2D eigenvalue weighted by Crippen LogP contribution is 2.48. The molecule has 0 bridgehead atoms. The van der Waals surface area contributed by atoms with Crippen molar-refractivity contribution in [3.8, 4) is 0 Å². The van der Waals surface area contributed by atoms with Gasteiger partial charge >= 0.3 is 12.0 Å². The minimum Gasteiger partial charge on any atom is -0.481 e. The third-order valence-electron chi connectivity index (χ3n) is 5.92. The number of carboxylic acid groups (broad SMARTS) is 1. The number of aliphatic carboxylic acids is 1.